The average Bonchev–Trinajstić information content (AvgIpc) is 3.20. The topological polar surface area (TPSA) is 74.3 Å². The number of amides is 3. The Labute approximate surface area is 175 Å². The lowest BCUT2D eigenvalue weighted by Gasteiger charge is -2.19. The summed E-state index contributed by atoms with van der Waals surface area (Å²) in [6.45, 7) is 4.47. The summed E-state index contributed by atoms with van der Waals surface area (Å²) in [7, 11) is 0. The number of nitrogens with zero attached hydrogens (tertiary/aromatic N) is 2. The predicted molar refractivity (Wildman–Crippen MR) is 118 cm³/mol. The molecule has 6 nitrogen and oxygen atoms in total. The van der Waals surface area contributed by atoms with Crippen molar-refractivity contribution < 1.29 is 9.59 Å². The Hall–Kier alpha value is -3.67. The van der Waals surface area contributed by atoms with Crippen LogP contribution in [0.1, 0.15) is 40.0 Å². The van der Waals surface area contributed by atoms with Gasteiger partial charge in [0, 0.05) is 35.9 Å². The van der Waals surface area contributed by atoms with E-state index < -0.39 is 0 Å². The maximum Gasteiger partial charge on any atom is 0.326 e. The number of urea groups is 1. The van der Waals surface area contributed by atoms with E-state index in [1.807, 2.05) is 68.4 Å². The lowest BCUT2D eigenvalue weighted by Crippen LogP contribution is -2.33. The molecule has 1 aromatic heterocycles. The quantitative estimate of drug-likeness (QED) is 0.678. The summed E-state index contributed by atoms with van der Waals surface area (Å²) in [5.41, 5.74) is 5.11. The largest absolute Gasteiger partial charge is 0.345 e. The monoisotopic (exact) mass is 400 g/mol. The molecule has 30 heavy (non-hydrogen) atoms. The van der Waals surface area contributed by atoms with E-state index in [-0.39, 0.29) is 18.0 Å². The van der Waals surface area contributed by atoms with Crippen molar-refractivity contribution in [2.45, 2.75) is 26.3 Å². The number of pyridine rings is 1. The van der Waals surface area contributed by atoms with Gasteiger partial charge in [0.05, 0.1) is 6.04 Å². The first-order valence-corrected chi connectivity index (χ1v) is 10.0. The van der Waals surface area contributed by atoms with Crippen molar-refractivity contribution in [1.29, 1.82) is 0 Å². The van der Waals surface area contributed by atoms with Crippen LogP contribution < -0.4 is 15.5 Å². The fourth-order valence-electron chi connectivity index (χ4n) is 3.68. The number of aryl methyl sites for hydroxylation is 1. The molecule has 2 heterocycles. The third-order valence-corrected chi connectivity index (χ3v) is 5.35. The molecule has 1 atom stereocenters. The van der Waals surface area contributed by atoms with Crippen LogP contribution >= 0.6 is 0 Å². The van der Waals surface area contributed by atoms with E-state index in [1.165, 1.54) is 0 Å². The van der Waals surface area contributed by atoms with Gasteiger partial charge >= 0.3 is 6.03 Å². The third kappa shape index (κ3) is 4.03. The van der Waals surface area contributed by atoms with Crippen molar-refractivity contribution in [3.63, 3.8) is 0 Å². The van der Waals surface area contributed by atoms with Gasteiger partial charge in [0.2, 0.25) is 0 Å². The second-order valence-corrected chi connectivity index (χ2v) is 7.48. The van der Waals surface area contributed by atoms with Crippen LogP contribution in [-0.4, -0.2) is 23.5 Å². The first-order valence-electron chi connectivity index (χ1n) is 10.0. The van der Waals surface area contributed by atoms with Gasteiger partial charge in [-0.3, -0.25) is 14.7 Å². The Morgan fingerprint density at radius 2 is 1.87 bits per heavy atom. The Morgan fingerprint density at radius 3 is 2.60 bits per heavy atom. The number of hydrogen-bond donors (Lipinski definition) is 2. The summed E-state index contributed by atoms with van der Waals surface area (Å²) in [5, 5.41) is 5.97. The second-order valence-electron chi connectivity index (χ2n) is 7.48. The Kier molecular flexibility index (Phi) is 5.48. The van der Waals surface area contributed by atoms with E-state index in [0.717, 1.165) is 28.1 Å². The highest BCUT2D eigenvalue weighted by Crippen LogP contribution is 2.31. The number of anilines is 2. The minimum Gasteiger partial charge on any atom is -0.345 e. The molecular weight excluding hydrogens is 376 g/mol. The summed E-state index contributed by atoms with van der Waals surface area (Å²) >= 11 is 0. The third-order valence-electron chi connectivity index (χ3n) is 5.35. The number of carbonyl (C=O) groups excluding carboxylic acids is 2. The molecule has 0 radical (unpaired) electrons. The molecule has 0 unspecified atom stereocenters. The molecule has 0 spiro atoms. The zero-order chi connectivity index (χ0) is 21.1. The molecule has 0 bridgehead atoms. The van der Waals surface area contributed by atoms with Crippen LogP contribution in [0.2, 0.25) is 0 Å². The van der Waals surface area contributed by atoms with Crippen LogP contribution in [0.3, 0.4) is 0 Å². The van der Waals surface area contributed by atoms with E-state index in [1.54, 1.807) is 17.3 Å². The highest BCUT2D eigenvalue weighted by molar-refractivity contribution is 6.05. The smallest absolute Gasteiger partial charge is 0.326 e. The zero-order valence-corrected chi connectivity index (χ0v) is 17.1. The minimum atomic E-state index is -0.195. The molecule has 0 aliphatic carbocycles. The molecule has 4 rings (SSSR count). The van der Waals surface area contributed by atoms with Crippen LogP contribution in [0.4, 0.5) is 16.2 Å². The lowest BCUT2D eigenvalue weighted by atomic mass is 10.0. The number of rotatable bonds is 4. The standard InChI is InChI=1S/C24H24N4O2/c1-16-8-10-19(11-9-16)27-24(30)28-14-12-20-21(6-3-7-22(20)28)23(29)26-17(2)18-5-4-13-25-15-18/h3-11,13,15,17H,12,14H2,1-2H3,(H,26,29)(H,27,30)/t17-/m0/s1. The van der Waals surface area contributed by atoms with Gasteiger partial charge in [-0.2, -0.15) is 0 Å². The van der Waals surface area contributed by atoms with Crippen molar-refractivity contribution in [3.05, 3.63) is 89.2 Å². The molecule has 6 heteroatoms. The van der Waals surface area contributed by atoms with Gasteiger partial charge in [-0.05, 0) is 61.7 Å². The van der Waals surface area contributed by atoms with Gasteiger partial charge < -0.3 is 10.6 Å². The van der Waals surface area contributed by atoms with Crippen molar-refractivity contribution >= 4 is 23.3 Å². The Morgan fingerprint density at radius 1 is 1.07 bits per heavy atom. The van der Waals surface area contributed by atoms with Crippen LogP contribution in [0.5, 0.6) is 0 Å². The highest BCUT2D eigenvalue weighted by atomic mass is 16.2. The number of nitrogens with one attached hydrogen (secondary N) is 2. The molecule has 2 N–H and O–H groups in total. The SMILES string of the molecule is Cc1ccc(NC(=O)N2CCc3c(C(=O)N[C@@H](C)c4cccnc4)cccc32)cc1. The maximum absolute atomic E-state index is 12.9. The Balaban J connectivity index is 1.50. The molecular formula is C24H24N4O2. The van der Waals surface area contributed by atoms with Crippen LogP contribution in [-0.2, 0) is 6.42 Å². The van der Waals surface area contributed by atoms with E-state index in [4.69, 9.17) is 0 Å². The first kappa shape index (κ1) is 19.6. The van der Waals surface area contributed by atoms with E-state index >= 15 is 0 Å². The summed E-state index contributed by atoms with van der Waals surface area (Å²) in [5.74, 6) is -0.149. The number of carbonyl (C=O) groups is 2. The summed E-state index contributed by atoms with van der Waals surface area (Å²) in [6, 6.07) is 16.6. The second kappa shape index (κ2) is 8.37. The van der Waals surface area contributed by atoms with Crippen molar-refractivity contribution in [2.75, 3.05) is 16.8 Å². The number of aromatic nitrogens is 1. The zero-order valence-electron chi connectivity index (χ0n) is 17.1. The van der Waals surface area contributed by atoms with Gasteiger partial charge in [0.1, 0.15) is 0 Å². The van der Waals surface area contributed by atoms with Gasteiger partial charge in [0.15, 0.2) is 0 Å². The van der Waals surface area contributed by atoms with Crippen molar-refractivity contribution in [2.24, 2.45) is 0 Å². The molecule has 3 aromatic rings. The van der Waals surface area contributed by atoms with Gasteiger partial charge in [-0.25, -0.2) is 4.79 Å². The molecule has 1 aliphatic heterocycles. The first-order chi connectivity index (χ1) is 14.5. The van der Waals surface area contributed by atoms with Crippen LogP contribution in [0.25, 0.3) is 0 Å². The average molecular weight is 400 g/mol. The minimum absolute atomic E-state index is 0.149. The van der Waals surface area contributed by atoms with E-state index in [2.05, 4.69) is 15.6 Å². The Bertz CT molecular complexity index is 1060. The van der Waals surface area contributed by atoms with Crippen LogP contribution in [0, 0.1) is 6.92 Å². The molecule has 0 saturated heterocycles. The molecule has 1 aliphatic rings. The molecule has 0 saturated carbocycles. The summed E-state index contributed by atoms with van der Waals surface area (Å²) in [4.78, 5) is 31.6. The summed E-state index contributed by atoms with van der Waals surface area (Å²) < 4.78 is 0. The van der Waals surface area contributed by atoms with Gasteiger partial charge in [-0.1, -0.05) is 29.8 Å². The number of benzene rings is 2. The predicted octanol–water partition coefficient (Wildman–Crippen LogP) is 4.48. The van der Waals surface area contributed by atoms with Gasteiger partial charge in [-0.15, -0.1) is 0 Å². The summed E-state index contributed by atoms with van der Waals surface area (Å²) in [6.07, 6.45) is 4.09. The normalized spacial score (nSPS) is 13.5. The van der Waals surface area contributed by atoms with E-state index in [0.29, 0.717) is 18.5 Å². The van der Waals surface area contributed by atoms with E-state index in [9.17, 15) is 9.59 Å². The molecule has 152 valence electrons. The van der Waals surface area contributed by atoms with Gasteiger partial charge in [0.25, 0.3) is 5.91 Å². The van der Waals surface area contributed by atoms with Crippen molar-refractivity contribution in [3.8, 4) is 0 Å². The fraction of sp³-hybridized carbons (Fsp3) is 0.208. The fourth-order valence-corrected chi connectivity index (χ4v) is 3.68. The molecule has 2 aromatic carbocycles. The highest BCUT2D eigenvalue weighted by Gasteiger charge is 2.28. The van der Waals surface area contributed by atoms with Crippen molar-refractivity contribution in [1.82, 2.24) is 10.3 Å². The molecule has 0 fully saturated rings. The number of fused-ring (bicyclic) bond motifs is 1. The maximum atomic E-state index is 12.9. The molecule has 3 amide bonds. The van der Waals surface area contributed by atoms with Crippen LogP contribution in [0.15, 0.2) is 67.0 Å². The lowest BCUT2D eigenvalue weighted by molar-refractivity contribution is 0.0939. The number of hydrogen-bond acceptors (Lipinski definition) is 3.